The number of hydrogen-bond donors (Lipinski definition) is 1. The number of aliphatic hydroxyl groups excluding tert-OH is 1. The first-order valence-electron chi connectivity index (χ1n) is 9.74. The molecule has 2 saturated carbocycles. The highest BCUT2D eigenvalue weighted by Gasteiger charge is 2.68. The summed E-state index contributed by atoms with van der Waals surface area (Å²) in [6.45, 7) is 6.23. The van der Waals surface area contributed by atoms with Gasteiger partial charge in [0.25, 0.3) is 0 Å². The number of aliphatic hydroxyl groups is 1. The van der Waals surface area contributed by atoms with Gasteiger partial charge < -0.3 is 24.1 Å². The fourth-order valence-corrected chi connectivity index (χ4v) is 6.21. The average Bonchev–Trinajstić information content (AvgIpc) is 3.14. The van der Waals surface area contributed by atoms with Gasteiger partial charge in [0.05, 0.1) is 19.3 Å². The SMILES string of the molecule is COc1cc([C@H]2OCC[C@@]34C[C@@H](C[C@H]23)C(C)(C)[C@H]4O)cc2c1OCCO2. The molecule has 0 unspecified atom stereocenters. The van der Waals surface area contributed by atoms with Gasteiger partial charge in [0, 0.05) is 12.0 Å². The Morgan fingerprint density at radius 3 is 2.73 bits per heavy atom. The molecule has 1 spiro atoms. The van der Waals surface area contributed by atoms with Crippen LogP contribution in [0.15, 0.2) is 12.1 Å². The molecule has 5 rings (SSSR count). The summed E-state index contributed by atoms with van der Waals surface area (Å²) in [6, 6.07) is 4.07. The summed E-state index contributed by atoms with van der Waals surface area (Å²) in [4.78, 5) is 0. The number of fused-ring (bicyclic) bond motifs is 2. The lowest BCUT2D eigenvalue weighted by Crippen LogP contribution is -2.51. The maximum Gasteiger partial charge on any atom is 0.203 e. The van der Waals surface area contributed by atoms with Crippen LogP contribution in [0.4, 0.5) is 0 Å². The van der Waals surface area contributed by atoms with E-state index >= 15 is 0 Å². The van der Waals surface area contributed by atoms with Gasteiger partial charge in [-0.1, -0.05) is 13.8 Å². The van der Waals surface area contributed by atoms with Crippen LogP contribution in [0.5, 0.6) is 17.2 Å². The summed E-state index contributed by atoms with van der Waals surface area (Å²) in [5, 5.41) is 11.2. The molecule has 5 heteroatoms. The van der Waals surface area contributed by atoms with Gasteiger partial charge in [-0.15, -0.1) is 0 Å². The Bertz CT molecular complexity index is 712. The van der Waals surface area contributed by atoms with E-state index in [9.17, 15) is 5.11 Å². The molecule has 4 aliphatic rings. The van der Waals surface area contributed by atoms with E-state index in [0.29, 0.717) is 43.2 Å². The number of rotatable bonds is 2. The van der Waals surface area contributed by atoms with E-state index in [1.54, 1.807) is 7.11 Å². The Kier molecular flexibility index (Phi) is 3.55. The molecule has 3 fully saturated rings. The molecule has 1 aromatic rings. The minimum absolute atomic E-state index is 0.00286. The molecule has 142 valence electrons. The van der Waals surface area contributed by atoms with Crippen LogP contribution in [0.1, 0.15) is 44.8 Å². The highest BCUT2D eigenvalue weighted by molar-refractivity contribution is 5.55. The number of ether oxygens (including phenoxy) is 4. The molecule has 5 atom stereocenters. The first kappa shape index (κ1) is 16.7. The van der Waals surface area contributed by atoms with Crippen LogP contribution in [-0.4, -0.2) is 38.1 Å². The lowest BCUT2D eigenvalue weighted by Gasteiger charge is -2.51. The van der Waals surface area contributed by atoms with Crippen molar-refractivity contribution in [2.24, 2.45) is 22.7 Å². The summed E-state index contributed by atoms with van der Waals surface area (Å²) in [5.74, 6) is 3.02. The van der Waals surface area contributed by atoms with Gasteiger partial charge in [-0.25, -0.2) is 0 Å². The Morgan fingerprint density at radius 1 is 1.15 bits per heavy atom. The van der Waals surface area contributed by atoms with Crippen molar-refractivity contribution in [3.63, 3.8) is 0 Å². The standard InChI is InChI=1S/C21H28O5/c1-20(2)13-10-14-17(25-5-4-21(14,11-13)19(20)22)12-8-15(23-3)18-16(9-12)24-6-7-26-18/h8-9,13-14,17,19,22H,4-7,10-11H2,1-3H3/t13-,14-,17-,19-,21-/m1/s1. The van der Waals surface area contributed by atoms with Gasteiger partial charge in [-0.05, 0) is 54.2 Å². The summed E-state index contributed by atoms with van der Waals surface area (Å²) >= 11 is 0. The van der Waals surface area contributed by atoms with Crippen molar-refractivity contribution in [1.82, 2.24) is 0 Å². The summed E-state index contributed by atoms with van der Waals surface area (Å²) in [5.41, 5.74) is 1.06. The van der Waals surface area contributed by atoms with Crippen molar-refractivity contribution in [2.75, 3.05) is 26.9 Å². The molecule has 1 aromatic carbocycles. The smallest absolute Gasteiger partial charge is 0.203 e. The van der Waals surface area contributed by atoms with Gasteiger partial charge in [-0.2, -0.15) is 0 Å². The van der Waals surface area contributed by atoms with E-state index in [4.69, 9.17) is 18.9 Å². The maximum atomic E-state index is 11.2. The zero-order valence-electron chi connectivity index (χ0n) is 15.8. The van der Waals surface area contributed by atoms with E-state index in [-0.39, 0.29) is 23.0 Å². The quantitative estimate of drug-likeness (QED) is 0.877. The second kappa shape index (κ2) is 5.52. The Balaban J connectivity index is 1.54. The number of benzene rings is 1. The number of hydrogen-bond acceptors (Lipinski definition) is 5. The van der Waals surface area contributed by atoms with Crippen molar-refractivity contribution in [3.05, 3.63) is 17.7 Å². The molecule has 1 saturated heterocycles. The molecule has 0 amide bonds. The van der Waals surface area contributed by atoms with Gasteiger partial charge in [0.15, 0.2) is 11.5 Å². The van der Waals surface area contributed by atoms with E-state index in [1.165, 1.54) is 0 Å². The molecule has 2 aliphatic heterocycles. The Hall–Kier alpha value is -1.46. The van der Waals surface area contributed by atoms with E-state index in [1.807, 2.05) is 12.1 Å². The third-order valence-electron chi connectivity index (χ3n) is 7.61. The van der Waals surface area contributed by atoms with E-state index < -0.39 is 0 Å². The first-order valence-corrected chi connectivity index (χ1v) is 9.74. The average molecular weight is 360 g/mol. The van der Waals surface area contributed by atoms with Gasteiger partial charge in [0.1, 0.15) is 13.2 Å². The first-order chi connectivity index (χ1) is 12.5. The topological polar surface area (TPSA) is 57.2 Å². The summed E-state index contributed by atoms with van der Waals surface area (Å²) < 4.78 is 23.4. The molecule has 2 heterocycles. The van der Waals surface area contributed by atoms with Crippen LogP contribution in [-0.2, 0) is 4.74 Å². The second-order valence-electron chi connectivity index (χ2n) is 8.99. The van der Waals surface area contributed by atoms with Crippen LogP contribution in [0.25, 0.3) is 0 Å². The summed E-state index contributed by atoms with van der Waals surface area (Å²) in [7, 11) is 1.66. The molecule has 5 nitrogen and oxygen atoms in total. The lowest BCUT2D eigenvalue weighted by molar-refractivity contribution is -0.164. The lowest BCUT2D eigenvalue weighted by atomic mass is 9.60. The maximum absolute atomic E-state index is 11.2. The third kappa shape index (κ3) is 2.04. The molecule has 0 radical (unpaired) electrons. The normalized spacial score (nSPS) is 39.5. The molecule has 0 aromatic heterocycles. The van der Waals surface area contributed by atoms with Crippen LogP contribution >= 0.6 is 0 Å². The number of methoxy groups -OCH3 is 1. The Labute approximate surface area is 154 Å². The predicted octanol–water partition coefficient (Wildman–Crippen LogP) is 3.34. The van der Waals surface area contributed by atoms with Crippen LogP contribution in [0.2, 0.25) is 0 Å². The minimum atomic E-state index is -0.260. The monoisotopic (exact) mass is 360 g/mol. The van der Waals surface area contributed by atoms with Gasteiger partial charge in [-0.3, -0.25) is 0 Å². The van der Waals surface area contributed by atoms with Crippen molar-refractivity contribution >= 4 is 0 Å². The molecular weight excluding hydrogens is 332 g/mol. The van der Waals surface area contributed by atoms with Crippen molar-refractivity contribution < 1.29 is 24.1 Å². The van der Waals surface area contributed by atoms with Gasteiger partial charge >= 0.3 is 0 Å². The van der Waals surface area contributed by atoms with E-state index in [0.717, 1.165) is 30.6 Å². The highest BCUT2D eigenvalue weighted by Crippen LogP contribution is 2.70. The van der Waals surface area contributed by atoms with Gasteiger partial charge in [0.2, 0.25) is 5.75 Å². The largest absolute Gasteiger partial charge is 0.493 e. The van der Waals surface area contributed by atoms with Crippen LogP contribution < -0.4 is 14.2 Å². The van der Waals surface area contributed by atoms with Crippen LogP contribution in [0.3, 0.4) is 0 Å². The zero-order valence-corrected chi connectivity index (χ0v) is 15.8. The fraction of sp³-hybridized carbons (Fsp3) is 0.714. The minimum Gasteiger partial charge on any atom is -0.493 e. The summed E-state index contributed by atoms with van der Waals surface area (Å²) in [6.07, 6.45) is 2.91. The molecular formula is C21H28O5. The van der Waals surface area contributed by atoms with Crippen molar-refractivity contribution in [3.8, 4) is 17.2 Å². The highest BCUT2D eigenvalue weighted by atomic mass is 16.6. The second-order valence-corrected chi connectivity index (χ2v) is 8.99. The Morgan fingerprint density at radius 2 is 1.96 bits per heavy atom. The van der Waals surface area contributed by atoms with Crippen LogP contribution in [0, 0.1) is 22.7 Å². The zero-order chi connectivity index (χ0) is 18.1. The molecule has 1 N–H and O–H groups in total. The van der Waals surface area contributed by atoms with Crippen molar-refractivity contribution in [2.45, 2.75) is 45.3 Å². The fourth-order valence-electron chi connectivity index (χ4n) is 6.21. The predicted molar refractivity (Wildman–Crippen MR) is 95.7 cm³/mol. The van der Waals surface area contributed by atoms with E-state index in [2.05, 4.69) is 13.8 Å². The molecule has 2 bridgehead atoms. The molecule has 2 aliphatic carbocycles. The van der Waals surface area contributed by atoms with Crippen molar-refractivity contribution in [1.29, 1.82) is 0 Å². The molecule has 26 heavy (non-hydrogen) atoms. The third-order valence-corrected chi connectivity index (χ3v) is 7.61.